The van der Waals surface area contributed by atoms with Gasteiger partial charge >= 0.3 is 0 Å². The second-order valence-electron chi connectivity index (χ2n) is 11.1. The van der Waals surface area contributed by atoms with Crippen molar-refractivity contribution in [2.75, 3.05) is 24.5 Å². The van der Waals surface area contributed by atoms with Crippen LogP contribution in [0.2, 0.25) is 0 Å². The zero-order valence-corrected chi connectivity index (χ0v) is 26.0. The highest BCUT2D eigenvalue weighted by Crippen LogP contribution is 2.37. The summed E-state index contributed by atoms with van der Waals surface area (Å²) in [6.45, 7) is 11.1. The maximum Gasteiger partial charge on any atom is 0.270 e. The molecule has 0 spiro atoms. The van der Waals surface area contributed by atoms with Crippen LogP contribution in [0.1, 0.15) is 115 Å². The molecule has 1 aromatic rings. The van der Waals surface area contributed by atoms with Crippen molar-refractivity contribution in [3.63, 3.8) is 0 Å². The Bertz CT molecular complexity index is 1140. The summed E-state index contributed by atoms with van der Waals surface area (Å²) in [6, 6.07) is 2.12. The van der Waals surface area contributed by atoms with E-state index in [1.807, 2.05) is 19.9 Å². The van der Waals surface area contributed by atoms with Gasteiger partial charge in [-0.1, -0.05) is 95.6 Å². The second kappa shape index (κ2) is 15.6. The zero-order chi connectivity index (χ0) is 28.4. The second-order valence-corrected chi connectivity index (χ2v) is 12.8. The Morgan fingerprint density at radius 1 is 1.00 bits per heavy atom. The molecule has 3 rings (SSSR count). The lowest BCUT2D eigenvalue weighted by Gasteiger charge is -2.35. The van der Waals surface area contributed by atoms with Crippen molar-refractivity contribution in [1.82, 2.24) is 9.47 Å². The highest BCUT2D eigenvalue weighted by molar-refractivity contribution is 8.26. The minimum absolute atomic E-state index is 0.0636. The molecule has 0 N–H and O–H groups in total. The van der Waals surface area contributed by atoms with E-state index in [2.05, 4.69) is 24.8 Å². The number of carbonyl (C=O) groups excluding carboxylic acids is 1. The van der Waals surface area contributed by atoms with Gasteiger partial charge in [0.1, 0.15) is 21.8 Å². The third-order valence-corrected chi connectivity index (χ3v) is 9.51. The molecule has 0 aromatic carbocycles. The first-order valence-corrected chi connectivity index (χ1v) is 16.2. The van der Waals surface area contributed by atoms with Crippen molar-refractivity contribution < 1.29 is 4.79 Å². The predicted octanol–water partition coefficient (Wildman–Crippen LogP) is 7.41. The molecule has 2 fully saturated rings. The van der Waals surface area contributed by atoms with Crippen molar-refractivity contribution in [3.8, 4) is 6.07 Å². The predicted molar refractivity (Wildman–Crippen MR) is 168 cm³/mol. The number of nitrogens with zero attached hydrogens (tertiary/aromatic N) is 4. The molecule has 0 aliphatic carbocycles. The number of nitriles is 1. The van der Waals surface area contributed by atoms with E-state index in [1.165, 1.54) is 63.1 Å². The zero-order valence-electron chi connectivity index (χ0n) is 24.4. The summed E-state index contributed by atoms with van der Waals surface area (Å²) in [4.78, 5) is 31.2. The maximum absolute atomic E-state index is 13.4. The fraction of sp³-hybridized carbons (Fsp3) is 0.677. The maximum atomic E-state index is 13.4. The number of hydrogen-bond donors (Lipinski definition) is 0. The lowest BCUT2D eigenvalue weighted by molar-refractivity contribution is -0.122. The third kappa shape index (κ3) is 7.98. The Morgan fingerprint density at radius 3 is 2.15 bits per heavy atom. The molecule has 3 heterocycles. The smallest absolute Gasteiger partial charge is 0.270 e. The summed E-state index contributed by atoms with van der Waals surface area (Å²) in [6.07, 6.45) is 16.5. The van der Waals surface area contributed by atoms with Gasteiger partial charge in [0, 0.05) is 31.7 Å². The first kappa shape index (κ1) is 31.4. The van der Waals surface area contributed by atoms with Gasteiger partial charge in [-0.05, 0) is 50.7 Å². The van der Waals surface area contributed by atoms with Crippen molar-refractivity contribution in [2.24, 2.45) is 5.92 Å². The first-order valence-electron chi connectivity index (χ1n) is 15.0. The number of hydrogen-bond acceptors (Lipinski definition) is 6. The molecule has 2 aliphatic rings. The molecule has 8 heteroatoms. The lowest BCUT2D eigenvalue weighted by Crippen LogP contribution is -2.39. The fourth-order valence-electron chi connectivity index (χ4n) is 5.58. The van der Waals surface area contributed by atoms with E-state index in [4.69, 9.17) is 12.2 Å². The quantitative estimate of drug-likeness (QED) is 0.132. The Morgan fingerprint density at radius 2 is 1.59 bits per heavy atom. The summed E-state index contributed by atoms with van der Waals surface area (Å²) in [7, 11) is 0. The van der Waals surface area contributed by atoms with Gasteiger partial charge in [0.05, 0.1) is 4.91 Å². The third-order valence-electron chi connectivity index (χ3n) is 8.13. The summed E-state index contributed by atoms with van der Waals surface area (Å²) >= 11 is 6.95. The number of thiocarbonyl (C=S) groups is 1. The molecule has 39 heavy (non-hydrogen) atoms. The molecule has 0 bridgehead atoms. The Balaban J connectivity index is 1.73. The van der Waals surface area contributed by atoms with Gasteiger partial charge < -0.3 is 4.90 Å². The largest absolute Gasteiger partial charge is 0.357 e. The van der Waals surface area contributed by atoms with Gasteiger partial charge in [-0.3, -0.25) is 19.1 Å². The minimum atomic E-state index is -0.253. The molecule has 0 radical (unpaired) electrons. The van der Waals surface area contributed by atoms with Gasteiger partial charge in [-0.25, -0.2) is 0 Å². The number of anilines is 1. The summed E-state index contributed by atoms with van der Waals surface area (Å²) in [5.41, 5.74) is 1.33. The van der Waals surface area contributed by atoms with Crippen molar-refractivity contribution in [1.29, 1.82) is 5.26 Å². The number of pyridine rings is 1. The number of piperidine rings is 1. The average Bonchev–Trinajstić information content (AvgIpc) is 3.19. The van der Waals surface area contributed by atoms with Crippen LogP contribution in [0.4, 0.5) is 5.82 Å². The van der Waals surface area contributed by atoms with Gasteiger partial charge in [0.2, 0.25) is 0 Å². The number of carbonyl (C=O) groups is 1. The molecule has 0 atom stereocenters. The molecule has 2 aliphatic heterocycles. The molecule has 6 nitrogen and oxygen atoms in total. The Kier molecular flexibility index (Phi) is 12.6. The highest BCUT2D eigenvalue weighted by atomic mass is 32.2. The normalized spacial score (nSPS) is 17.5. The van der Waals surface area contributed by atoms with Crippen molar-refractivity contribution >= 4 is 46.1 Å². The van der Waals surface area contributed by atoms with E-state index in [1.54, 1.807) is 9.47 Å². The van der Waals surface area contributed by atoms with Crippen molar-refractivity contribution in [3.05, 3.63) is 31.9 Å². The summed E-state index contributed by atoms with van der Waals surface area (Å²) in [5.74, 6) is 1.41. The van der Waals surface area contributed by atoms with E-state index in [0.717, 1.165) is 50.2 Å². The van der Waals surface area contributed by atoms with Crippen LogP contribution < -0.4 is 10.5 Å². The van der Waals surface area contributed by atoms with Gasteiger partial charge in [-0.2, -0.15) is 5.26 Å². The topological polar surface area (TPSA) is 69.3 Å². The molecule has 1 amide bonds. The molecule has 0 saturated carbocycles. The average molecular weight is 571 g/mol. The monoisotopic (exact) mass is 570 g/mol. The number of rotatable bonds is 14. The summed E-state index contributed by atoms with van der Waals surface area (Å²) in [5, 5.41) is 9.80. The van der Waals surface area contributed by atoms with Crippen LogP contribution in [-0.2, 0) is 11.3 Å². The van der Waals surface area contributed by atoms with E-state index in [0.29, 0.717) is 33.8 Å². The van der Waals surface area contributed by atoms with Gasteiger partial charge in [0.25, 0.3) is 11.5 Å². The van der Waals surface area contributed by atoms with Crippen LogP contribution in [-0.4, -0.2) is 39.3 Å². The van der Waals surface area contributed by atoms with Gasteiger partial charge in [-0.15, -0.1) is 0 Å². The molecular weight excluding hydrogens is 525 g/mol. The van der Waals surface area contributed by atoms with Crippen molar-refractivity contribution in [2.45, 2.75) is 111 Å². The minimum Gasteiger partial charge on any atom is -0.357 e. The number of aromatic nitrogens is 1. The highest BCUT2D eigenvalue weighted by Gasteiger charge is 2.33. The van der Waals surface area contributed by atoms with Crippen LogP contribution in [0.5, 0.6) is 0 Å². The molecular formula is C31H46N4O2S2. The Hall–Kier alpha value is -2.11. The number of amides is 1. The Labute approximate surface area is 244 Å². The number of unbranched alkanes of at least 4 members (excludes halogenated alkanes) is 9. The van der Waals surface area contributed by atoms with Crippen LogP contribution >= 0.6 is 24.0 Å². The van der Waals surface area contributed by atoms with Crippen LogP contribution in [0.15, 0.2) is 9.70 Å². The SMILES string of the molecule is CCCCCCCCCCCCN1C(=O)/C(=C\c2c(C)c(C#N)c(=O)n(CC)c2N2CCC(C)CC2)SC1=S. The molecule has 1 aromatic heterocycles. The van der Waals surface area contributed by atoms with Crippen LogP contribution in [0, 0.1) is 24.2 Å². The van der Waals surface area contributed by atoms with E-state index in [-0.39, 0.29) is 17.0 Å². The van der Waals surface area contributed by atoms with Crippen LogP contribution in [0.25, 0.3) is 6.08 Å². The molecule has 2 saturated heterocycles. The van der Waals surface area contributed by atoms with E-state index in [9.17, 15) is 14.9 Å². The van der Waals surface area contributed by atoms with E-state index < -0.39 is 0 Å². The fourth-order valence-corrected chi connectivity index (χ4v) is 6.87. The molecule has 214 valence electrons. The van der Waals surface area contributed by atoms with Crippen LogP contribution in [0.3, 0.4) is 0 Å². The number of thioether (sulfide) groups is 1. The molecule has 0 unspecified atom stereocenters. The standard InChI is InChI=1S/C31H46N4O2S2/c1-5-7-8-9-10-11-12-13-14-15-18-35-30(37)27(39-31(35)38)21-25-24(4)26(22-32)29(36)34(6-2)28(25)33-19-16-23(3)17-20-33/h21,23H,5-20H2,1-4H3/b27-21+. The van der Waals surface area contributed by atoms with Gasteiger partial charge in [0.15, 0.2) is 0 Å². The first-order chi connectivity index (χ1) is 18.8. The lowest BCUT2D eigenvalue weighted by atomic mass is 9.97. The summed E-state index contributed by atoms with van der Waals surface area (Å²) < 4.78 is 2.30. The van der Waals surface area contributed by atoms with E-state index >= 15 is 0 Å².